The highest BCUT2D eigenvalue weighted by molar-refractivity contribution is 5.96. The Kier molecular flexibility index (Phi) is 5.76. The zero-order valence-electron chi connectivity index (χ0n) is 16.1. The standard InChI is InChI=1S/C19H27N5O4/c1-2-11-6-13(25)8-14(11)18(27)24(5-3-4-16(24)17(21)26)19(28)15(20)7-12-9-22-10-23-12/h9-11,14-16H,2-8,20H2,1H3,(H2-,21,22,23,26)/p+1/t11-,14+,15-,16-,24?/m0/s1. The van der Waals surface area contributed by atoms with Crippen LogP contribution in [0.1, 0.15) is 44.7 Å². The van der Waals surface area contributed by atoms with Gasteiger partial charge in [-0.1, -0.05) is 13.3 Å². The molecule has 0 radical (unpaired) electrons. The minimum Gasteiger partial charge on any atom is -0.364 e. The molecule has 2 fully saturated rings. The van der Waals surface area contributed by atoms with Gasteiger partial charge in [-0.15, -0.1) is 0 Å². The van der Waals surface area contributed by atoms with E-state index in [9.17, 15) is 19.2 Å². The molecular weight excluding hydrogens is 362 g/mol. The highest BCUT2D eigenvalue weighted by Gasteiger charge is 2.61. The van der Waals surface area contributed by atoms with Gasteiger partial charge < -0.3 is 16.5 Å². The van der Waals surface area contributed by atoms with E-state index in [0.717, 1.165) is 0 Å². The third-order valence-corrected chi connectivity index (χ3v) is 6.30. The smallest absolute Gasteiger partial charge is 0.338 e. The SMILES string of the molecule is CC[C@H]1CC(=O)C[C@H]1C(=O)[N+]1(C(=O)[C@@H](N)Cc2cnc[nH]2)CCC[C@H]1C(N)=O. The summed E-state index contributed by atoms with van der Waals surface area (Å²) in [7, 11) is 0. The number of imide groups is 1. The molecule has 1 aliphatic heterocycles. The highest BCUT2D eigenvalue weighted by Crippen LogP contribution is 2.39. The van der Waals surface area contributed by atoms with Crippen molar-refractivity contribution in [3.8, 4) is 0 Å². The van der Waals surface area contributed by atoms with Crippen LogP contribution >= 0.6 is 0 Å². The van der Waals surface area contributed by atoms with Crippen molar-refractivity contribution < 1.29 is 23.7 Å². The number of nitrogens with two attached hydrogens (primary N) is 2. The molecule has 1 aliphatic carbocycles. The second-order valence-electron chi connectivity index (χ2n) is 7.94. The number of likely N-dealkylation sites (tertiary alicyclic amines) is 1. The Labute approximate surface area is 163 Å². The van der Waals surface area contributed by atoms with Crippen LogP contribution in [0.5, 0.6) is 0 Å². The number of hydrogen-bond acceptors (Lipinski definition) is 6. The largest absolute Gasteiger partial charge is 0.364 e. The molecule has 1 aromatic rings. The Bertz CT molecular complexity index is 777. The molecule has 152 valence electrons. The second kappa shape index (κ2) is 7.92. The van der Waals surface area contributed by atoms with E-state index in [1.54, 1.807) is 6.20 Å². The lowest BCUT2D eigenvalue weighted by atomic mass is 9.90. The van der Waals surface area contributed by atoms with E-state index in [4.69, 9.17) is 11.5 Å². The highest BCUT2D eigenvalue weighted by atomic mass is 16.2. The van der Waals surface area contributed by atoms with Crippen LogP contribution in [0.25, 0.3) is 0 Å². The van der Waals surface area contributed by atoms with E-state index < -0.39 is 34.3 Å². The van der Waals surface area contributed by atoms with Crippen LogP contribution in [-0.4, -0.2) is 56.6 Å². The average Bonchev–Trinajstić information content (AvgIpc) is 3.39. The molecule has 0 aromatic carbocycles. The molecule has 0 bridgehead atoms. The van der Waals surface area contributed by atoms with Gasteiger partial charge in [-0.3, -0.25) is 9.59 Å². The average molecular weight is 390 g/mol. The normalized spacial score (nSPS) is 31.1. The number of imidazole rings is 1. The molecule has 5 N–H and O–H groups in total. The van der Waals surface area contributed by atoms with Crippen molar-refractivity contribution >= 4 is 23.5 Å². The molecule has 28 heavy (non-hydrogen) atoms. The first kappa shape index (κ1) is 20.3. The van der Waals surface area contributed by atoms with Crippen LogP contribution in [0.3, 0.4) is 0 Å². The van der Waals surface area contributed by atoms with E-state index in [1.165, 1.54) is 6.33 Å². The van der Waals surface area contributed by atoms with Crippen LogP contribution < -0.4 is 11.5 Å². The summed E-state index contributed by atoms with van der Waals surface area (Å²) in [5, 5.41) is 0. The first-order valence-corrected chi connectivity index (χ1v) is 9.81. The number of aromatic nitrogens is 2. The number of Topliss-reactive ketones (excluding diaryl/α,β-unsaturated/α-hetero) is 1. The van der Waals surface area contributed by atoms with Crippen LogP contribution in [0.15, 0.2) is 12.5 Å². The van der Waals surface area contributed by atoms with Gasteiger partial charge in [-0.25, -0.2) is 14.6 Å². The van der Waals surface area contributed by atoms with Crippen LogP contribution in [0, 0.1) is 11.8 Å². The topological polar surface area (TPSA) is 149 Å². The predicted molar refractivity (Wildman–Crippen MR) is 99.1 cm³/mol. The lowest BCUT2D eigenvalue weighted by Gasteiger charge is -2.37. The number of carbonyl (C=O) groups excluding carboxylic acids is 4. The molecule has 2 aliphatic rings. The van der Waals surface area contributed by atoms with E-state index in [2.05, 4.69) is 9.97 Å². The maximum absolute atomic E-state index is 13.7. The zero-order valence-corrected chi connectivity index (χ0v) is 16.1. The number of carbonyl (C=O) groups is 4. The molecule has 3 amide bonds. The molecule has 3 rings (SSSR count). The van der Waals surface area contributed by atoms with Gasteiger partial charge >= 0.3 is 11.8 Å². The fraction of sp³-hybridized carbons (Fsp3) is 0.632. The Morgan fingerprint density at radius 1 is 1.36 bits per heavy atom. The fourth-order valence-corrected chi connectivity index (χ4v) is 4.87. The number of hydrogen-bond donors (Lipinski definition) is 3. The van der Waals surface area contributed by atoms with Crippen molar-refractivity contribution in [1.29, 1.82) is 0 Å². The van der Waals surface area contributed by atoms with Crippen LogP contribution in [-0.2, 0) is 25.6 Å². The van der Waals surface area contributed by atoms with Gasteiger partial charge in [0.25, 0.3) is 5.91 Å². The van der Waals surface area contributed by atoms with Gasteiger partial charge in [0.15, 0.2) is 6.04 Å². The van der Waals surface area contributed by atoms with E-state index in [-0.39, 0.29) is 37.0 Å². The molecular formula is C19H28N5O4+. The third-order valence-electron chi connectivity index (χ3n) is 6.30. The summed E-state index contributed by atoms with van der Waals surface area (Å²) in [5.41, 5.74) is 12.4. The molecule has 0 spiro atoms. The summed E-state index contributed by atoms with van der Waals surface area (Å²) in [6.45, 7) is 2.12. The van der Waals surface area contributed by atoms with Crippen LogP contribution in [0.4, 0.5) is 0 Å². The van der Waals surface area contributed by atoms with E-state index >= 15 is 0 Å². The maximum atomic E-state index is 13.7. The fourth-order valence-electron chi connectivity index (χ4n) is 4.87. The van der Waals surface area contributed by atoms with Crippen molar-refractivity contribution in [2.45, 2.75) is 57.5 Å². The maximum Gasteiger partial charge on any atom is 0.338 e. The number of amides is 3. The monoisotopic (exact) mass is 390 g/mol. The molecule has 9 heteroatoms. The van der Waals surface area contributed by atoms with Gasteiger partial charge in [-0.05, 0) is 5.92 Å². The van der Waals surface area contributed by atoms with Crippen LogP contribution in [0.2, 0.25) is 0 Å². The number of quaternary nitrogens is 1. The molecule has 1 saturated carbocycles. The molecule has 2 heterocycles. The lowest BCUT2D eigenvalue weighted by Crippen LogP contribution is -2.69. The number of ketones is 1. The number of nitrogens with zero attached hydrogens (tertiary/aromatic N) is 2. The van der Waals surface area contributed by atoms with Crippen molar-refractivity contribution in [2.75, 3.05) is 6.54 Å². The minimum absolute atomic E-state index is 0.0207. The van der Waals surface area contributed by atoms with Crippen molar-refractivity contribution in [3.63, 3.8) is 0 Å². The quantitative estimate of drug-likeness (QED) is 0.573. The Balaban J connectivity index is 1.96. The zero-order chi connectivity index (χ0) is 20.5. The van der Waals surface area contributed by atoms with Crippen molar-refractivity contribution in [3.05, 3.63) is 18.2 Å². The number of nitrogens with one attached hydrogen (secondary N) is 1. The lowest BCUT2D eigenvalue weighted by molar-refractivity contribution is -0.785. The summed E-state index contributed by atoms with van der Waals surface area (Å²) in [6.07, 6.45) is 5.24. The van der Waals surface area contributed by atoms with Gasteiger partial charge in [-0.2, -0.15) is 4.48 Å². The second-order valence-corrected chi connectivity index (χ2v) is 7.94. The summed E-state index contributed by atoms with van der Waals surface area (Å²) in [4.78, 5) is 58.1. The number of H-pyrrole nitrogens is 1. The molecule has 9 nitrogen and oxygen atoms in total. The number of aromatic amines is 1. The molecule has 1 unspecified atom stereocenters. The van der Waals surface area contributed by atoms with Gasteiger partial charge in [0.1, 0.15) is 11.8 Å². The Hall–Kier alpha value is -2.39. The van der Waals surface area contributed by atoms with Gasteiger partial charge in [0, 0.05) is 44.0 Å². The third kappa shape index (κ3) is 3.40. The van der Waals surface area contributed by atoms with E-state index in [0.29, 0.717) is 31.4 Å². The molecule has 1 saturated heterocycles. The Morgan fingerprint density at radius 2 is 2.11 bits per heavy atom. The molecule has 5 atom stereocenters. The van der Waals surface area contributed by atoms with Crippen molar-refractivity contribution in [2.24, 2.45) is 23.3 Å². The summed E-state index contributed by atoms with van der Waals surface area (Å²) < 4.78 is -0.654. The summed E-state index contributed by atoms with van der Waals surface area (Å²) in [6, 6.07) is -1.91. The van der Waals surface area contributed by atoms with E-state index in [1.807, 2.05) is 6.92 Å². The summed E-state index contributed by atoms with van der Waals surface area (Å²) in [5.74, 6) is -2.21. The number of rotatable bonds is 6. The van der Waals surface area contributed by atoms with Gasteiger partial charge in [0.05, 0.1) is 18.8 Å². The van der Waals surface area contributed by atoms with Crippen molar-refractivity contribution in [1.82, 2.24) is 9.97 Å². The van der Waals surface area contributed by atoms with Gasteiger partial charge in [0.2, 0.25) is 0 Å². The first-order chi connectivity index (χ1) is 13.3. The molecule has 1 aromatic heterocycles. The minimum atomic E-state index is -0.985. The Morgan fingerprint density at radius 3 is 2.71 bits per heavy atom. The number of primary amides is 1. The first-order valence-electron chi connectivity index (χ1n) is 9.81. The predicted octanol–water partition coefficient (Wildman–Crippen LogP) is -0.197. The summed E-state index contributed by atoms with van der Waals surface area (Å²) >= 11 is 0.